The molecule has 29 heavy (non-hydrogen) atoms. The molecule has 0 unspecified atom stereocenters. The second-order valence-electron chi connectivity index (χ2n) is 8.06. The number of carboxylic acid groups (broad SMARTS) is 1. The maximum absolute atomic E-state index is 12.6. The molecule has 2 N–H and O–H groups in total. The molecule has 0 aliphatic rings. The van der Waals surface area contributed by atoms with Crippen LogP contribution in [0, 0.1) is 25.7 Å². The van der Waals surface area contributed by atoms with Crippen LogP contribution in [-0.4, -0.2) is 23.6 Å². The number of carbonyl (C=O) groups is 2. The summed E-state index contributed by atoms with van der Waals surface area (Å²) in [5.41, 5.74) is 3.71. The Hall–Kier alpha value is -2.82. The summed E-state index contributed by atoms with van der Waals surface area (Å²) in [5, 5.41) is 12.5. The van der Waals surface area contributed by atoms with Crippen molar-refractivity contribution in [1.82, 2.24) is 5.32 Å². The van der Waals surface area contributed by atoms with Crippen molar-refractivity contribution in [2.45, 2.75) is 47.1 Å². The van der Waals surface area contributed by atoms with Crippen molar-refractivity contribution >= 4 is 11.9 Å². The third-order valence-electron chi connectivity index (χ3n) is 4.83. The molecule has 0 bridgehead atoms. The number of rotatable bonds is 9. The zero-order valence-electron chi connectivity index (χ0n) is 17.9. The first-order chi connectivity index (χ1) is 13.7. The van der Waals surface area contributed by atoms with Crippen molar-refractivity contribution in [2.75, 3.05) is 6.61 Å². The molecule has 1 amide bonds. The molecule has 0 heterocycles. The van der Waals surface area contributed by atoms with Crippen LogP contribution in [0.25, 0.3) is 0 Å². The molecule has 0 spiro atoms. The van der Waals surface area contributed by atoms with Crippen molar-refractivity contribution < 1.29 is 19.4 Å². The van der Waals surface area contributed by atoms with E-state index in [1.807, 2.05) is 56.3 Å². The zero-order chi connectivity index (χ0) is 21.6. The number of carboxylic acids is 1. The summed E-state index contributed by atoms with van der Waals surface area (Å²) < 4.78 is 5.88. The van der Waals surface area contributed by atoms with E-state index in [4.69, 9.17) is 4.74 Å². The van der Waals surface area contributed by atoms with Crippen LogP contribution >= 0.6 is 0 Å². The molecule has 0 saturated carbocycles. The van der Waals surface area contributed by atoms with E-state index in [2.05, 4.69) is 19.2 Å². The van der Waals surface area contributed by atoms with E-state index in [1.54, 1.807) is 6.92 Å². The highest BCUT2D eigenvalue weighted by Gasteiger charge is 2.27. The van der Waals surface area contributed by atoms with Crippen molar-refractivity contribution in [3.63, 3.8) is 0 Å². The van der Waals surface area contributed by atoms with Crippen molar-refractivity contribution in [1.29, 1.82) is 0 Å². The summed E-state index contributed by atoms with van der Waals surface area (Å²) in [7, 11) is 0. The first-order valence-corrected chi connectivity index (χ1v) is 9.98. The fraction of sp³-hybridized carbons (Fsp3) is 0.417. The number of nitrogens with one attached hydrogen (secondary N) is 1. The van der Waals surface area contributed by atoms with E-state index >= 15 is 0 Å². The number of amides is 1. The van der Waals surface area contributed by atoms with Crippen LogP contribution in [0.15, 0.2) is 42.5 Å². The number of hydrogen-bond donors (Lipinski definition) is 2. The fourth-order valence-electron chi connectivity index (χ4n) is 2.98. The minimum atomic E-state index is -0.962. The molecule has 0 radical (unpaired) electrons. The van der Waals surface area contributed by atoms with Gasteiger partial charge in [-0.3, -0.25) is 9.59 Å². The monoisotopic (exact) mass is 397 g/mol. The number of ether oxygens (including phenoxy) is 1. The van der Waals surface area contributed by atoms with Crippen molar-refractivity contribution in [3.05, 3.63) is 64.7 Å². The Bertz CT molecular complexity index is 842. The predicted molar refractivity (Wildman–Crippen MR) is 114 cm³/mol. The fourth-order valence-corrected chi connectivity index (χ4v) is 2.98. The summed E-state index contributed by atoms with van der Waals surface area (Å²) >= 11 is 0. The van der Waals surface area contributed by atoms with Crippen LogP contribution < -0.4 is 10.1 Å². The molecular weight excluding hydrogens is 366 g/mol. The molecule has 2 atom stereocenters. The summed E-state index contributed by atoms with van der Waals surface area (Å²) in [4.78, 5) is 24.3. The largest absolute Gasteiger partial charge is 0.493 e. The van der Waals surface area contributed by atoms with Gasteiger partial charge in [0.25, 0.3) is 0 Å². The molecule has 2 aromatic rings. The van der Waals surface area contributed by atoms with Crippen LogP contribution in [-0.2, 0) is 16.0 Å². The van der Waals surface area contributed by atoms with E-state index in [0.717, 1.165) is 22.3 Å². The van der Waals surface area contributed by atoms with E-state index in [0.29, 0.717) is 18.3 Å². The molecule has 2 rings (SSSR count). The second kappa shape index (κ2) is 10.1. The van der Waals surface area contributed by atoms with E-state index in [-0.39, 0.29) is 12.3 Å². The molecule has 156 valence electrons. The minimum Gasteiger partial charge on any atom is -0.493 e. The van der Waals surface area contributed by atoms with Gasteiger partial charge in [-0.15, -0.1) is 0 Å². The second-order valence-corrected chi connectivity index (χ2v) is 8.06. The highest BCUT2D eigenvalue weighted by molar-refractivity contribution is 5.80. The highest BCUT2D eigenvalue weighted by atomic mass is 16.5. The van der Waals surface area contributed by atoms with Gasteiger partial charge in [-0.05, 0) is 49.4 Å². The van der Waals surface area contributed by atoms with Gasteiger partial charge in [-0.2, -0.15) is 0 Å². The lowest BCUT2D eigenvalue weighted by atomic mass is 9.93. The van der Waals surface area contributed by atoms with Crippen LogP contribution in [0.1, 0.15) is 49.1 Å². The zero-order valence-corrected chi connectivity index (χ0v) is 17.9. The van der Waals surface area contributed by atoms with Crippen LogP contribution in [0.5, 0.6) is 5.75 Å². The summed E-state index contributed by atoms with van der Waals surface area (Å²) in [6, 6.07) is 12.7. The van der Waals surface area contributed by atoms with Crippen LogP contribution in [0.4, 0.5) is 0 Å². The summed E-state index contributed by atoms with van der Waals surface area (Å²) in [6.07, 6.45) is 0.200. The van der Waals surface area contributed by atoms with Crippen molar-refractivity contribution in [3.8, 4) is 5.75 Å². The molecule has 5 nitrogen and oxygen atoms in total. The average Bonchev–Trinajstić information content (AvgIpc) is 2.66. The van der Waals surface area contributed by atoms with Gasteiger partial charge in [0.05, 0.1) is 25.0 Å². The number of aliphatic carboxylic acids is 1. The quantitative estimate of drug-likeness (QED) is 0.655. The molecule has 5 heteroatoms. The first-order valence-electron chi connectivity index (χ1n) is 9.98. The predicted octanol–water partition coefficient (Wildman–Crippen LogP) is 4.46. The molecule has 0 fully saturated rings. The Balaban J connectivity index is 2.23. The molecular formula is C24H31NO4. The van der Waals surface area contributed by atoms with Gasteiger partial charge in [0.15, 0.2) is 0 Å². The van der Waals surface area contributed by atoms with Gasteiger partial charge in [0.2, 0.25) is 5.91 Å². The third-order valence-corrected chi connectivity index (χ3v) is 4.83. The highest BCUT2D eigenvalue weighted by Crippen LogP contribution is 2.28. The third kappa shape index (κ3) is 6.63. The average molecular weight is 398 g/mol. The van der Waals surface area contributed by atoms with Gasteiger partial charge in [-0.25, -0.2) is 0 Å². The van der Waals surface area contributed by atoms with Crippen LogP contribution in [0.3, 0.4) is 0 Å². The number of aryl methyl sites for hydroxylation is 2. The van der Waals surface area contributed by atoms with E-state index < -0.39 is 17.9 Å². The van der Waals surface area contributed by atoms with E-state index in [1.165, 1.54) is 0 Å². The molecule has 0 aliphatic heterocycles. The topological polar surface area (TPSA) is 75.6 Å². The molecule has 2 aromatic carbocycles. The lowest BCUT2D eigenvalue weighted by molar-refractivity contribution is -0.142. The van der Waals surface area contributed by atoms with Gasteiger partial charge < -0.3 is 15.2 Å². The van der Waals surface area contributed by atoms with Gasteiger partial charge >= 0.3 is 5.97 Å². The maximum atomic E-state index is 12.6. The number of benzene rings is 2. The lowest BCUT2D eigenvalue weighted by Gasteiger charge is -2.24. The Kier molecular flexibility index (Phi) is 7.82. The first kappa shape index (κ1) is 22.5. The maximum Gasteiger partial charge on any atom is 0.308 e. The summed E-state index contributed by atoms with van der Waals surface area (Å²) in [6.45, 7) is 10.3. The molecule has 0 saturated heterocycles. The Morgan fingerprint density at radius 1 is 1.03 bits per heavy atom. The molecule has 0 aliphatic carbocycles. The minimum absolute atomic E-state index is 0.200. The van der Waals surface area contributed by atoms with Crippen molar-refractivity contribution in [2.24, 2.45) is 11.8 Å². The van der Waals surface area contributed by atoms with Gasteiger partial charge in [0, 0.05) is 0 Å². The standard InChI is InChI=1S/C24H31NO4/c1-15(2)14-29-21-13-20(11-8-17(21)4)23(18(5)24(27)28)25-22(26)12-19-9-6-16(3)7-10-19/h6-11,13,15,18,23H,12,14H2,1-5H3,(H,25,26)(H,27,28)/t18-,23+/m1/s1. The van der Waals surface area contributed by atoms with E-state index in [9.17, 15) is 14.7 Å². The Morgan fingerprint density at radius 2 is 1.69 bits per heavy atom. The smallest absolute Gasteiger partial charge is 0.308 e. The van der Waals surface area contributed by atoms with Gasteiger partial charge in [-0.1, -0.05) is 55.8 Å². The van der Waals surface area contributed by atoms with Gasteiger partial charge in [0.1, 0.15) is 5.75 Å². The number of carbonyl (C=O) groups excluding carboxylic acids is 1. The Labute approximate surface area is 173 Å². The number of hydrogen-bond acceptors (Lipinski definition) is 3. The Morgan fingerprint density at radius 3 is 2.28 bits per heavy atom. The normalized spacial score (nSPS) is 13.0. The molecule has 0 aromatic heterocycles. The summed E-state index contributed by atoms with van der Waals surface area (Å²) in [5.74, 6) is -0.863. The SMILES string of the molecule is Cc1ccc(CC(=O)N[C@H](c2ccc(C)c(OCC(C)C)c2)[C@@H](C)C(=O)O)cc1. The lowest BCUT2D eigenvalue weighted by Crippen LogP contribution is -2.36. The van der Waals surface area contributed by atoms with Crippen LogP contribution in [0.2, 0.25) is 0 Å².